The number of rotatable bonds is 7. The van der Waals surface area contributed by atoms with E-state index >= 15 is 0 Å². The van der Waals surface area contributed by atoms with Crippen molar-refractivity contribution in [2.45, 2.75) is 61.7 Å². The average molecular weight is 872 g/mol. The molecular weight excluding hydrogens is 831 g/mol. The summed E-state index contributed by atoms with van der Waals surface area (Å²) in [6.07, 6.45) is 2.38. The molecule has 5 aliphatic rings. The molecule has 316 valence electrons. The van der Waals surface area contributed by atoms with Crippen LogP contribution in [0.25, 0.3) is 11.1 Å². The number of hydrogen-bond acceptors (Lipinski definition) is 10. The molecular formula is C47H41N3O10S2. The van der Waals surface area contributed by atoms with Gasteiger partial charge in [0, 0.05) is 71.8 Å². The summed E-state index contributed by atoms with van der Waals surface area (Å²) in [5.74, 6) is -1.49. The van der Waals surface area contributed by atoms with Crippen molar-refractivity contribution >= 4 is 60.4 Å². The van der Waals surface area contributed by atoms with Gasteiger partial charge < -0.3 is 14.5 Å². The molecule has 0 saturated carbocycles. The van der Waals surface area contributed by atoms with Crippen LogP contribution in [0, 0.1) is 12.8 Å². The minimum absolute atomic E-state index is 0.0198. The molecule has 2 fully saturated rings. The van der Waals surface area contributed by atoms with Gasteiger partial charge in [0.05, 0.1) is 15.7 Å². The first kappa shape index (κ1) is 40.0. The van der Waals surface area contributed by atoms with Crippen molar-refractivity contribution in [3.05, 3.63) is 141 Å². The van der Waals surface area contributed by atoms with E-state index in [1.807, 2.05) is 36.4 Å². The predicted octanol–water partition coefficient (Wildman–Crippen LogP) is 5.44. The van der Waals surface area contributed by atoms with Crippen LogP contribution in [0.3, 0.4) is 0 Å². The second-order valence-electron chi connectivity index (χ2n) is 16.3. The number of benzene rings is 5. The van der Waals surface area contributed by atoms with Crippen LogP contribution in [-0.4, -0.2) is 68.2 Å². The molecule has 4 heterocycles. The number of hydroxylamine groups is 2. The fraction of sp³-hybridized carbons (Fsp3) is 0.255. The zero-order valence-corrected chi connectivity index (χ0v) is 35.3. The average Bonchev–Trinajstić information content (AvgIpc) is 3.98. The van der Waals surface area contributed by atoms with Crippen LogP contribution in [0.1, 0.15) is 65.5 Å². The van der Waals surface area contributed by atoms with Crippen molar-refractivity contribution < 1.29 is 45.3 Å². The van der Waals surface area contributed by atoms with Crippen LogP contribution in [0.15, 0.2) is 107 Å². The molecule has 62 heavy (non-hydrogen) atoms. The maximum Gasteiger partial charge on any atom is 0.336 e. The van der Waals surface area contributed by atoms with Gasteiger partial charge in [0.2, 0.25) is 10.0 Å². The van der Waals surface area contributed by atoms with E-state index in [1.165, 1.54) is 27.6 Å². The molecule has 0 spiro atoms. The number of anilines is 2. The smallest absolute Gasteiger partial charge is 0.336 e. The molecule has 2 saturated heterocycles. The number of carbonyl (C=O) groups excluding carboxylic acids is 3. The van der Waals surface area contributed by atoms with Crippen molar-refractivity contribution in [2.75, 3.05) is 24.5 Å². The molecule has 15 heteroatoms. The minimum Gasteiger partial charge on any atom is -0.456 e. The summed E-state index contributed by atoms with van der Waals surface area (Å²) < 4.78 is 71.1. The molecule has 2 amide bonds. The number of carbonyl (C=O) groups is 3. The van der Waals surface area contributed by atoms with E-state index in [2.05, 4.69) is 30.0 Å². The lowest BCUT2D eigenvalue weighted by atomic mass is 9.92. The zero-order chi connectivity index (χ0) is 43.1. The van der Waals surface area contributed by atoms with Crippen LogP contribution in [-0.2, 0) is 52.2 Å². The lowest BCUT2D eigenvalue weighted by molar-refractivity contribution is -0.201. The standard InChI is InChI=1S/C47H41N3O10S2/c1-28-6-15-40-32(24-28)20-23-49(40)33-9-13-38-42(27-33)59-41-26-31(35-11-7-30-25-34(62(56,57)58)10-14-36(30)35)8-12-37(41)46(38)39-4-2-3-5-43(39)61(54,55)48-21-18-29(19-22-48)47(53)60-50-44(51)16-17-45(50)52/h2-6,8-10,12-15,24-27,29H,7,11,16-23H2,1H3,(H,56,57,58)/b35-31+. The van der Waals surface area contributed by atoms with Gasteiger partial charge >= 0.3 is 5.97 Å². The van der Waals surface area contributed by atoms with E-state index in [9.17, 15) is 35.8 Å². The number of imide groups is 1. The molecule has 0 radical (unpaired) electrons. The second-order valence-corrected chi connectivity index (χ2v) is 19.7. The third-order valence-corrected chi connectivity index (χ3v) is 15.4. The summed E-state index contributed by atoms with van der Waals surface area (Å²) in [4.78, 5) is 44.4. The van der Waals surface area contributed by atoms with Gasteiger partial charge in [-0.1, -0.05) is 48.0 Å². The van der Waals surface area contributed by atoms with Gasteiger partial charge in [-0.2, -0.15) is 12.7 Å². The quantitative estimate of drug-likeness (QED) is 0.160. The van der Waals surface area contributed by atoms with E-state index in [0.717, 1.165) is 46.3 Å². The van der Waals surface area contributed by atoms with Gasteiger partial charge in [-0.05, 0) is 115 Å². The first-order valence-corrected chi connectivity index (χ1v) is 23.5. The Hall–Kier alpha value is -6.13. The highest BCUT2D eigenvalue weighted by molar-refractivity contribution is 7.89. The fourth-order valence-electron chi connectivity index (χ4n) is 9.44. The van der Waals surface area contributed by atoms with E-state index in [1.54, 1.807) is 30.3 Å². The molecule has 4 aliphatic heterocycles. The Labute approximate surface area is 358 Å². The van der Waals surface area contributed by atoms with Crippen molar-refractivity contribution in [3.8, 4) is 11.5 Å². The number of aryl methyl sites for hydroxylation is 2. The van der Waals surface area contributed by atoms with Gasteiger partial charge in [-0.15, -0.1) is 5.06 Å². The number of fused-ring (bicyclic) bond motifs is 4. The zero-order valence-electron chi connectivity index (χ0n) is 33.7. The SMILES string of the molecule is Cc1ccc2c(c1)CCN2c1ccc2c(c1)Oc1c/c(=C3\CCc4cc(S(=O)(=O)O)ccc43)ccc1=C2c1ccccc1S(=O)(=O)N1CCC(C(=O)ON2C(=O)CCC2=O)CC1. The Kier molecular flexibility index (Phi) is 9.70. The molecule has 0 aromatic heterocycles. The normalized spacial score (nSPS) is 18.6. The summed E-state index contributed by atoms with van der Waals surface area (Å²) in [5, 5.41) is 2.07. The molecule has 0 atom stereocenters. The van der Waals surface area contributed by atoms with Crippen LogP contribution in [0.5, 0.6) is 11.5 Å². The maximum atomic E-state index is 14.7. The van der Waals surface area contributed by atoms with Gasteiger partial charge in [0.1, 0.15) is 11.5 Å². The highest BCUT2D eigenvalue weighted by Gasteiger charge is 2.39. The van der Waals surface area contributed by atoms with Gasteiger partial charge in [-0.3, -0.25) is 14.1 Å². The number of amides is 2. The highest BCUT2D eigenvalue weighted by atomic mass is 32.2. The molecule has 10 rings (SSSR count). The van der Waals surface area contributed by atoms with Crippen molar-refractivity contribution in [1.82, 2.24) is 9.37 Å². The maximum absolute atomic E-state index is 14.7. The summed E-state index contributed by atoms with van der Waals surface area (Å²) in [6.45, 7) is 2.92. The van der Waals surface area contributed by atoms with Crippen LogP contribution in [0.2, 0.25) is 0 Å². The van der Waals surface area contributed by atoms with Crippen molar-refractivity contribution in [1.29, 1.82) is 0 Å². The van der Waals surface area contributed by atoms with Gasteiger partial charge in [-0.25, -0.2) is 13.2 Å². The summed E-state index contributed by atoms with van der Waals surface area (Å²) in [5.41, 5.74) is 9.06. The third kappa shape index (κ3) is 6.89. The predicted molar refractivity (Wildman–Crippen MR) is 228 cm³/mol. The topological polar surface area (TPSA) is 168 Å². The summed E-state index contributed by atoms with van der Waals surface area (Å²) >= 11 is 0. The first-order valence-electron chi connectivity index (χ1n) is 20.6. The Bertz CT molecular complexity index is 3120. The fourth-order valence-corrected chi connectivity index (χ4v) is 11.6. The van der Waals surface area contributed by atoms with E-state index in [4.69, 9.17) is 9.57 Å². The molecule has 13 nitrogen and oxygen atoms in total. The highest BCUT2D eigenvalue weighted by Crippen LogP contribution is 2.44. The van der Waals surface area contributed by atoms with Crippen molar-refractivity contribution in [3.63, 3.8) is 0 Å². The Balaban J connectivity index is 1.05. The van der Waals surface area contributed by atoms with Gasteiger partial charge in [0.25, 0.3) is 21.9 Å². The number of nitrogens with zero attached hydrogens (tertiary/aromatic N) is 3. The van der Waals surface area contributed by atoms with E-state index < -0.39 is 43.8 Å². The minimum atomic E-state index is -4.36. The molecule has 5 aromatic rings. The number of hydrogen-bond donors (Lipinski definition) is 1. The summed E-state index contributed by atoms with van der Waals surface area (Å²) in [7, 11) is -8.50. The van der Waals surface area contributed by atoms with E-state index in [0.29, 0.717) is 51.3 Å². The van der Waals surface area contributed by atoms with Crippen LogP contribution < -0.4 is 20.1 Å². The van der Waals surface area contributed by atoms with Gasteiger partial charge in [0.15, 0.2) is 0 Å². The van der Waals surface area contributed by atoms with Crippen LogP contribution in [0.4, 0.5) is 11.4 Å². The monoisotopic (exact) mass is 871 g/mol. The Morgan fingerprint density at radius 1 is 0.726 bits per heavy atom. The summed E-state index contributed by atoms with van der Waals surface area (Å²) in [6, 6.07) is 29.8. The Morgan fingerprint density at radius 3 is 2.26 bits per heavy atom. The second kappa shape index (κ2) is 15.0. The Morgan fingerprint density at radius 2 is 1.48 bits per heavy atom. The lowest BCUT2D eigenvalue weighted by Crippen LogP contribution is -2.42. The molecule has 0 bridgehead atoms. The first-order chi connectivity index (χ1) is 29.7. The third-order valence-electron chi connectivity index (χ3n) is 12.6. The number of ether oxygens (including phenoxy) is 1. The number of sulfonamides is 1. The largest absolute Gasteiger partial charge is 0.456 e. The molecule has 0 unspecified atom stereocenters. The molecule has 5 aromatic carbocycles. The molecule has 1 aliphatic carbocycles. The van der Waals surface area contributed by atoms with E-state index in [-0.39, 0.29) is 48.6 Å². The van der Waals surface area contributed by atoms with Crippen LogP contribution >= 0.6 is 0 Å². The van der Waals surface area contributed by atoms with Crippen molar-refractivity contribution in [2.24, 2.45) is 5.92 Å². The lowest BCUT2D eigenvalue weighted by Gasteiger charge is -2.31. The number of piperidine rings is 1. The molecule has 1 N–H and O–H groups in total.